The molecule has 0 bridgehead atoms. The summed E-state index contributed by atoms with van der Waals surface area (Å²) >= 11 is 0. The third kappa shape index (κ3) is 2.48. The van der Waals surface area contributed by atoms with Gasteiger partial charge in [0.25, 0.3) is 0 Å². The van der Waals surface area contributed by atoms with E-state index in [2.05, 4.69) is 26.8 Å². The standard InChI is InChI=1S/C15H18N6O/c1-2-21(11-5-8-20(9-11)13(22)3-6-16)15-12-4-7-17-14(12)18-10-19-15/h4,7,10-11H,2-3,5,8-9H2,1H3,(H,17,18,19). The van der Waals surface area contributed by atoms with Crippen molar-refractivity contribution >= 4 is 22.8 Å². The maximum absolute atomic E-state index is 11.9. The molecule has 0 spiro atoms. The molecule has 7 heteroatoms. The van der Waals surface area contributed by atoms with E-state index < -0.39 is 0 Å². The number of rotatable bonds is 4. The van der Waals surface area contributed by atoms with E-state index in [1.54, 1.807) is 11.2 Å². The number of hydrogen-bond acceptors (Lipinski definition) is 5. The van der Waals surface area contributed by atoms with Crippen molar-refractivity contribution in [2.75, 3.05) is 24.5 Å². The van der Waals surface area contributed by atoms with Crippen molar-refractivity contribution in [3.8, 4) is 6.07 Å². The van der Waals surface area contributed by atoms with Crippen LogP contribution >= 0.6 is 0 Å². The molecule has 0 aliphatic carbocycles. The molecule has 2 aromatic heterocycles. The molecule has 2 aromatic rings. The molecule has 7 nitrogen and oxygen atoms in total. The van der Waals surface area contributed by atoms with Crippen LogP contribution in [0, 0.1) is 11.3 Å². The van der Waals surface area contributed by atoms with Crippen molar-refractivity contribution in [3.63, 3.8) is 0 Å². The van der Waals surface area contributed by atoms with Crippen LogP contribution < -0.4 is 4.90 Å². The zero-order chi connectivity index (χ0) is 15.5. The molecule has 3 heterocycles. The van der Waals surface area contributed by atoms with Crippen LogP contribution in [-0.4, -0.2) is 51.4 Å². The minimum Gasteiger partial charge on any atom is -0.351 e. The number of nitriles is 1. The number of anilines is 1. The Morgan fingerprint density at radius 2 is 2.45 bits per heavy atom. The largest absolute Gasteiger partial charge is 0.351 e. The molecule has 1 fully saturated rings. The Bertz CT molecular complexity index is 718. The normalized spacial score (nSPS) is 17.6. The van der Waals surface area contributed by atoms with Gasteiger partial charge in [0.2, 0.25) is 5.91 Å². The fourth-order valence-corrected chi connectivity index (χ4v) is 3.07. The second-order valence-corrected chi connectivity index (χ2v) is 5.34. The average molecular weight is 298 g/mol. The third-order valence-electron chi connectivity index (χ3n) is 4.13. The molecule has 114 valence electrons. The zero-order valence-corrected chi connectivity index (χ0v) is 12.5. The highest BCUT2D eigenvalue weighted by Crippen LogP contribution is 2.27. The number of nitrogens with zero attached hydrogens (tertiary/aromatic N) is 5. The predicted molar refractivity (Wildman–Crippen MR) is 82.1 cm³/mol. The number of carbonyl (C=O) groups is 1. The van der Waals surface area contributed by atoms with Gasteiger partial charge >= 0.3 is 0 Å². The number of H-pyrrole nitrogens is 1. The number of amides is 1. The lowest BCUT2D eigenvalue weighted by Gasteiger charge is -2.29. The van der Waals surface area contributed by atoms with Gasteiger partial charge in [0.1, 0.15) is 24.2 Å². The van der Waals surface area contributed by atoms with Crippen LogP contribution in [0.4, 0.5) is 5.82 Å². The number of likely N-dealkylation sites (N-methyl/N-ethyl adjacent to an activating group) is 1. The smallest absolute Gasteiger partial charge is 0.236 e. The van der Waals surface area contributed by atoms with Gasteiger partial charge in [-0.25, -0.2) is 9.97 Å². The number of carbonyl (C=O) groups excluding carboxylic acids is 1. The number of aromatic nitrogens is 3. The van der Waals surface area contributed by atoms with Gasteiger partial charge in [-0.1, -0.05) is 0 Å². The van der Waals surface area contributed by atoms with Crippen LogP contribution in [0.25, 0.3) is 11.0 Å². The highest BCUT2D eigenvalue weighted by atomic mass is 16.2. The van der Waals surface area contributed by atoms with E-state index in [4.69, 9.17) is 5.26 Å². The molecule has 1 N–H and O–H groups in total. The molecule has 1 saturated heterocycles. The quantitative estimate of drug-likeness (QED) is 0.919. The maximum Gasteiger partial charge on any atom is 0.236 e. The summed E-state index contributed by atoms with van der Waals surface area (Å²) in [5.74, 6) is 0.809. The van der Waals surface area contributed by atoms with Crippen LogP contribution in [0.2, 0.25) is 0 Å². The van der Waals surface area contributed by atoms with E-state index in [0.29, 0.717) is 13.1 Å². The number of fused-ring (bicyclic) bond motifs is 1. The van der Waals surface area contributed by atoms with Gasteiger partial charge < -0.3 is 14.8 Å². The molecule has 1 aliphatic heterocycles. The van der Waals surface area contributed by atoms with E-state index >= 15 is 0 Å². The van der Waals surface area contributed by atoms with Crippen molar-refractivity contribution in [2.24, 2.45) is 0 Å². The first-order valence-electron chi connectivity index (χ1n) is 7.44. The maximum atomic E-state index is 11.9. The molecular formula is C15H18N6O. The lowest BCUT2D eigenvalue weighted by atomic mass is 10.2. The van der Waals surface area contributed by atoms with E-state index in [9.17, 15) is 4.79 Å². The molecule has 1 amide bonds. The Balaban J connectivity index is 1.82. The minimum atomic E-state index is -0.0875. The van der Waals surface area contributed by atoms with Gasteiger partial charge in [0.15, 0.2) is 0 Å². The predicted octanol–water partition coefficient (Wildman–Crippen LogP) is 1.30. The first-order valence-corrected chi connectivity index (χ1v) is 7.44. The highest BCUT2D eigenvalue weighted by molar-refractivity contribution is 5.87. The Morgan fingerprint density at radius 1 is 1.59 bits per heavy atom. The Hall–Kier alpha value is -2.62. The molecule has 1 atom stereocenters. The van der Waals surface area contributed by atoms with Crippen LogP contribution in [0.3, 0.4) is 0 Å². The van der Waals surface area contributed by atoms with Crippen LogP contribution in [0.15, 0.2) is 18.6 Å². The Labute approximate surface area is 128 Å². The summed E-state index contributed by atoms with van der Waals surface area (Å²) < 4.78 is 0. The second-order valence-electron chi connectivity index (χ2n) is 5.34. The molecule has 1 aliphatic rings. The Kier molecular flexibility index (Phi) is 3.92. The van der Waals surface area contributed by atoms with E-state index in [1.165, 1.54) is 0 Å². The molecule has 0 saturated carbocycles. The molecule has 0 radical (unpaired) electrons. The van der Waals surface area contributed by atoms with Gasteiger partial charge in [-0.05, 0) is 19.4 Å². The first kappa shape index (κ1) is 14.3. The number of likely N-dealkylation sites (tertiary alicyclic amines) is 1. The molecular weight excluding hydrogens is 280 g/mol. The second kappa shape index (κ2) is 6.02. The average Bonchev–Trinajstić information content (AvgIpc) is 3.17. The fraction of sp³-hybridized carbons (Fsp3) is 0.467. The minimum absolute atomic E-state index is 0.0472. The highest BCUT2D eigenvalue weighted by Gasteiger charge is 2.31. The summed E-state index contributed by atoms with van der Waals surface area (Å²) in [5.41, 5.74) is 0.818. The van der Waals surface area contributed by atoms with Crippen molar-refractivity contribution in [2.45, 2.75) is 25.8 Å². The van der Waals surface area contributed by atoms with Gasteiger partial charge in [-0.2, -0.15) is 5.26 Å². The summed E-state index contributed by atoms with van der Waals surface area (Å²) in [6.45, 7) is 4.23. The van der Waals surface area contributed by atoms with Gasteiger partial charge in [-0.15, -0.1) is 0 Å². The molecule has 0 aromatic carbocycles. The summed E-state index contributed by atoms with van der Waals surface area (Å²) in [5, 5.41) is 9.65. The Morgan fingerprint density at radius 3 is 3.23 bits per heavy atom. The van der Waals surface area contributed by atoms with Crippen LogP contribution in [0.1, 0.15) is 19.8 Å². The third-order valence-corrected chi connectivity index (χ3v) is 4.13. The van der Waals surface area contributed by atoms with Crippen LogP contribution in [-0.2, 0) is 4.79 Å². The number of aromatic amines is 1. The van der Waals surface area contributed by atoms with E-state index in [1.807, 2.05) is 18.3 Å². The monoisotopic (exact) mass is 298 g/mol. The number of nitrogens with one attached hydrogen (secondary N) is 1. The summed E-state index contributed by atoms with van der Waals surface area (Å²) in [6, 6.07) is 4.12. The zero-order valence-electron chi connectivity index (χ0n) is 12.5. The lowest BCUT2D eigenvalue weighted by Crippen LogP contribution is -2.39. The van der Waals surface area contributed by atoms with Crippen LogP contribution in [0.5, 0.6) is 0 Å². The van der Waals surface area contributed by atoms with E-state index in [0.717, 1.165) is 29.8 Å². The van der Waals surface area contributed by atoms with E-state index in [-0.39, 0.29) is 18.4 Å². The van der Waals surface area contributed by atoms with Gasteiger partial charge in [0, 0.05) is 31.9 Å². The van der Waals surface area contributed by atoms with Crippen molar-refractivity contribution in [3.05, 3.63) is 18.6 Å². The SMILES string of the molecule is CCN(c1ncnc2[nH]ccc12)C1CCN(C(=O)CC#N)C1. The summed E-state index contributed by atoms with van der Waals surface area (Å²) in [4.78, 5) is 27.6. The van der Waals surface area contributed by atoms with Gasteiger partial charge in [-0.3, -0.25) is 4.79 Å². The fourth-order valence-electron chi connectivity index (χ4n) is 3.07. The van der Waals surface area contributed by atoms with Gasteiger partial charge in [0.05, 0.1) is 11.5 Å². The molecule has 3 rings (SSSR count). The lowest BCUT2D eigenvalue weighted by molar-refractivity contribution is -0.129. The topological polar surface area (TPSA) is 88.9 Å². The number of hydrogen-bond donors (Lipinski definition) is 1. The molecule has 1 unspecified atom stereocenters. The molecule has 22 heavy (non-hydrogen) atoms. The van der Waals surface area contributed by atoms with Crippen molar-refractivity contribution in [1.29, 1.82) is 5.26 Å². The summed E-state index contributed by atoms with van der Waals surface area (Å²) in [7, 11) is 0. The van der Waals surface area contributed by atoms with Crippen molar-refractivity contribution < 1.29 is 4.79 Å². The summed E-state index contributed by atoms with van der Waals surface area (Å²) in [6.07, 6.45) is 4.26. The van der Waals surface area contributed by atoms with Crippen molar-refractivity contribution in [1.82, 2.24) is 19.9 Å². The first-order chi connectivity index (χ1) is 10.7.